The molecule has 0 spiro atoms. The topological polar surface area (TPSA) is 90.9 Å². The Kier molecular flexibility index (Phi) is 7.06. The molecule has 0 aliphatic carbocycles. The summed E-state index contributed by atoms with van der Waals surface area (Å²) in [5.41, 5.74) is 2.11. The first-order valence-corrected chi connectivity index (χ1v) is 11.4. The number of hydrogen-bond acceptors (Lipinski definition) is 7. The lowest BCUT2D eigenvalue weighted by Gasteiger charge is -2.34. The van der Waals surface area contributed by atoms with Gasteiger partial charge in [0.25, 0.3) is 0 Å². The van der Waals surface area contributed by atoms with Gasteiger partial charge in [-0.3, -0.25) is 14.6 Å². The van der Waals surface area contributed by atoms with Gasteiger partial charge >= 0.3 is 6.09 Å². The molecule has 2 aliphatic rings. The fourth-order valence-electron chi connectivity index (χ4n) is 4.12. The van der Waals surface area contributed by atoms with Crippen LogP contribution >= 0.6 is 0 Å². The van der Waals surface area contributed by atoms with Gasteiger partial charge in [-0.1, -0.05) is 18.7 Å². The number of nitrogens with zero attached hydrogens (tertiary/aromatic N) is 5. The van der Waals surface area contributed by atoms with Gasteiger partial charge in [-0.2, -0.15) is 4.98 Å². The summed E-state index contributed by atoms with van der Waals surface area (Å²) in [7, 11) is 0. The Hall–Kier alpha value is -3.53. The van der Waals surface area contributed by atoms with Crippen LogP contribution in [0.1, 0.15) is 36.6 Å². The first-order chi connectivity index (χ1) is 16.4. The van der Waals surface area contributed by atoms with Gasteiger partial charge in [0.1, 0.15) is 18.2 Å². The smallest absolute Gasteiger partial charge is 0.415 e. The lowest BCUT2D eigenvalue weighted by Crippen LogP contribution is -2.47. The average molecular weight is 469 g/mol. The number of amides is 2. The van der Waals surface area contributed by atoms with Gasteiger partial charge in [0.2, 0.25) is 11.9 Å². The number of ether oxygens (including phenoxy) is 1. The summed E-state index contributed by atoms with van der Waals surface area (Å²) in [6, 6.07) is 4.97. The van der Waals surface area contributed by atoms with Crippen molar-refractivity contribution in [1.29, 1.82) is 0 Å². The molecule has 1 saturated heterocycles. The number of carbonyl (C=O) groups is 2. The summed E-state index contributed by atoms with van der Waals surface area (Å²) in [4.78, 5) is 37.9. The van der Waals surface area contributed by atoms with Gasteiger partial charge in [-0.05, 0) is 31.6 Å². The number of cyclic esters (lactones) is 1. The molecule has 34 heavy (non-hydrogen) atoms. The zero-order chi connectivity index (χ0) is 24.2. The molecule has 1 atom stereocenters. The quantitative estimate of drug-likeness (QED) is 0.625. The second-order valence-corrected chi connectivity index (χ2v) is 8.36. The minimum Gasteiger partial charge on any atom is -0.444 e. The van der Waals surface area contributed by atoms with E-state index in [-0.39, 0.29) is 24.4 Å². The Morgan fingerprint density at radius 3 is 2.76 bits per heavy atom. The molecule has 1 unspecified atom stereocenters. The molecule has 2 aliphatic heterocycles. The van der Waals surface area contributed by atoms with E-state index in [0.29, 0.717) is 56.6 Å². The van der Waals surface area contributed by atoms with Crippen molar-refractivity contribution in [1.82, 2.24) is 19.8 Å². The van der Waals surface area contributed by atoms with E-state index in [9.17, 15) is 14.0 Å². The van der Waals surface area contributed by atoms with Gasteiger partial charge < -0.3 is 15.0 Å². The third kappa shape index (κ3) is 5.01. The first kappa shape index (κ1) is 23.6. The summed E-state index contributed by atoms with van der Waals surface area (Å²) < 4.78 is 20.0. The van der Waals surface area contributed by atoms with Gasteiger partial charge in [0.05, 0.1) is 11.6 Å². The monoisotopic (exact) mass is 468 g/mol. The van der Waals surface area contributed by atoms with E-state index in [4.69, 9.17) is 4.74 Å². The van der Waals surface area contributed by atoms with Crippen molar-refractivity contribution in [2.24, 2.45) is 0 Å². The van der Waals surface area contributed by atoms with E-state index < -0.39 is 6.09 Å². The molecule has 0 saturated carbocycles. The second-order valence-electron chi connectivity index (χ2n) is 8.36. The van der Waals surface area contributed by atoms with Crippen LogP contribution in [0.5, 0.6) is 0 Å². The third-order valence-electron chi connectivity index (χ3n) is 6.16. The predicted molar refractivity (Wildman–Crippen MR) is 126 cm³/mol. The zero-order valence-electron chi connectivity index (χ0n) is 19.5. The Labute approximate surface area is 198 Å². The van der Waals surface area contributed by atoms with E-state index >= 15 is 0 Å². The molecule has 0 radical (unpaired) electrons. The van der Waals surface area contributed by atoms with Crippen LogP contribution in [0.2, 0.25) is 0 Å². The maximum absolute atomic E-state index is 14.9. The summed E-state index contributed by atoms with van der Waals surface area (Å²) in [6.07, 6.45) is 2.53. The van der Waals surface area contributed by atoms with Crippen molar-refractivity contribution >= 4 is 23.8 Å². The predicted octanol–water partition coefficient (Wildman–Crippen LogP) is 3.10. The third-order valence-corrected chi connectivity index (χ3v) is 6.16. The molecule has 1 fully saturated rings. The Bertz CT molecular complexity index is 1090. The number of fused-ring (bicyclic) bond motifs is 1. The fourth-order valence-corrected chi connectivity index (χ4v) is 4.12. The number of piperazine rings is 1. The Balaban J connectivity index is 1.39. The van der Waals surface area contributed by atoms with Gasteiger partial charge in [0.15, 0.2) is 0 Å². The van der Waals surface area contributed by atoms with Gasteiger partial charge in [-0.25, -0.2) is 14.2 Å². The molecule has 10 heteroatoms. The summed E-state index contributed by atoms with van der Waals surface area (Å²) in [6.45, 7) is 10.9. The first-order valence-electron chi connectivity index (χ1n) is 11.4. The Morgan fingerprint density at radius 1 is 1.32 bits per heavy atom. The number of halogens is 1. The molecule has 0 bridgehead atoms. The normalized spacial score (nSPS) is 17.1. The number of anilines is 2. The summed E-state index contributed by atoms with van der Waals surface area (Å²) in [5, 5.41) is 3.19. The van der Waals surface area contributed by atoms with Crippen molar-refractivity contribution in [3.05, 3.63) is 59.6 Å². The largest absolute Gasteiger partial charge is 0.444 e. The van der Waals surface area contributed by atoms with Gasteiger partial charge in [0, 0.05) is 51.0 Å². The van der Waals surface area contributed by atoms with Gasteiger partial charge in [-0.15, -0.1) is 0 Å². The molecule has 180 valence electrons. The maximum atomic E-state index is 14.9. The molecule has 9 nitrogen and oxygen atoms in total. The molecular formula is C24H29FN6O3. The van der Waals surface area contributed by atoms with Crippen LogP contribution in [-0.4, -0.2) is 64.5 Å². The van der Waals surface area contributed by atoms with Crippen LogP contribution in [0, 0.1) is 5.82 Å². The van der Waals surface area contributed by atoms with Crippen molar-refractivity contribution in [3.8, 4) is 0 Å². The number of rotatable bonds is 7. The highest BCUT2D eigenvalue weighted by Crippen LogP contribution is 2.27. The molecule has 1 aromatic carbocycles. The second kappa shape index (κ2) is 10.2. The SMILES string of the molecule is C=CC(=O)N1CCN(Cc2ccc(C(C)Nc3ncc4c(n3)N(CC)C(=O)OC4)cc2F)CC1. The summed E-state index contributed by atoms with van der Waals surface area (Å²) >= 11 is 0. The lowest BCUT2D eigenvalue weighted by molar-refractivity contribution is -0.127. The van der Waals surface area contributed by atoms with Crippen LogP contribution in [0.15, 0.2) is 37.1 Å². The maximum Gasteiger partial charge on any atom is 0.415 e. The van der Waals surface area contributed by atoms with E-state index in [1.807, 2.05) is 19.9 Å². The highest BCUT2D eigenvalue weighted by Gasteiger charge is 2.27. The Morgan fingerprint density at radius 2 is 2.09 bits per heavy atom. The summed E-state index contributed by atoms with van der Waals surface area (Å²) in [5.74, 6) is 0.541. The van der Waals surface area contributed by atoms with Crippen LogP contribution < -0.4 is 10.2 Å². The lowest BCUT2D eigenvalue weighted by atomic mass is 10.0. The van der Waals surface area contributed by atoms with Crippen LogP contribution in [0.25, 0.3) is 0 Å². The van der Waals surface area contributed by atoms with Crippen molar-refractivity contribution < 1.29 is 18.7 Å². The fraction of sp³-hybridized carbons (Fsp3) is 0.417. The number of carbonyl (C=O) groups excluding carboxylic acids is 2. The van der Waals surface area contributed by atoms with E-state index in [2.05, 4.69) is 26.8 Å². The van der Waals surface area contributed by atoms with Crippen LogP contribution in [0.4, 0.5) is 21.0 Å². The molecule has 2 aromatic rings. The van der Waals surface area contributed by atoms with Crippen molar-refractivity contribution in [3.63, 3.8) is 0 Å². The van der Waals surface area contributed by atoms with Crippen LogP contribution in [0.3, 0.4) is 0 Å². The number of nitrogens with one attached hydrogen (secondary N) is 1. The van der Waals surface area contributed by atoms with E-state index in [1.54, 1.807) is 17.2 Å². The molecule has 2 amide bonds. The average Bonchev–Trinajstić information content (AvgIpc) is 2.85. The number of aromatic nitrogens is 2. The molecular weight excluding hydrogens is 439 g/mol. The van der Waals surface area contributed by atoms with E-state index in [1.165, 1.54) is 17.0 Å². The molecule has 4 rings (SSSR count). The zero-order valence-corrected chi connectivity index (χ0v) is 19.5. The molecule has 1 aromatic heterocycles. The molecule has 1 N–H and O–H groups in total. The minimum absolute atomic E-state index is 0.0677. The number of hydrogen-bond donors (Lipinski definition) is 1. The molecule has 3 heterocycles. The standard InChI is InChI=1S/C24H29FN6O3/c1-4-21(32)30-10-8-29(9-11-30)14-18-7-6-17(12-20(18)25)16(3)27-23-26-13-19-15-34-24(33)31(5-2)22(19)28-23/h4,6-7,12-13,16H,1,5,8-11,14-15H2,2-3H3,(H,26,27,28). The highest BCUT2D eigenvalue weighted by molar-refractivity contribution is 5.89. The number of benzene rings is 1. The van der Waals surface area contributed by atoms with Crippen LogP contribution in [-0.2, 0) is 22.7 Å². The minimum atomic E-state index is -0.431. The van der Waals surface area contributed by atoms with Crippen molar-refractivity contribution in [2.75, 3.05) is 42.9 Å². The van der Waals surface area contributed by atoms with E-state index in [0.717, 1.165) is 11.1 Å². The highest BCUT2D eigenvalue weighted by atomic mass is 19.1. The van der Waals surface area contributed by atoms with Crippen molar-refractivity contribution in [2.45, 2.75) is 33.0 Å².